The molecule has 2 rings (SSSR count). The highest BCUT2D eigenvalue weighted by Crippen LogP contribution is 2.34. The Hall–Kier alpha value is -1.78. The van der Waals surface area contributed by atoms with Crippen molar-refractivity contribution in [3.63, 3.8) is 0 Å². The quantitative estimate of drug-likeness (QED) is 0.617. The highest BCUT2D eigenvalue weighted by molar-refractivity contribution is 6.33. The normalized spacial score (nSPS) is 10.2. The molecule has 0 spiro atoms. The van der Waals surface area contributed by atoms with Gasteiger partial charge in [-0.2, -0.15) is 0 Å². The van der Waals surface area contributed by atoms with E-state index in [2.05, 4.69) is 0 Å². The third kappa shape index (κ3) is 3.36. The number of para-hydroxylation sites is 1. The van der Waals surface area contributed by atoms with Crippen molar-refractivity contribution in [1.82, 2.24) is 0 Å². The summed E-state index contributed by atoms with van der Waals surface area (Å²) in [6.07, 6.45) is 0. The summed E-state index contributed by atoms with van der Waals surface area (Å²) in [4.78, 5) is 10.4. The Morgan fingerprint density at radius 1 is 1.16 bits per heavy atom. The van der Waals surface area contributed by atoms with E-state index in [0.29, 0.717) is 5.02 Å². The molecule has 0 aliphatic heterocycles. The standard InChI is InChI=1S/C13H9Cl2NO3/c14-10-4-1-3-9(7-10)8-19-12-6-2-5-11(15)13(12)16(17)18/h1-7H,8H2. The second kappa shape index (κ2) is 5.91. The van der Waals surface area contributed by atoms with Crippen LogP contribution in [0.25, 0.3) is 0 Å². The molecule has 98 valence electrons. The molecular weight excluding hydrogens is 289 g/mol. The summed E-state index contributed by atoms with van der Waals surface area (Å²) in [5.41, 5.74) is 0.591. The van der Waals surface area contributed by atoms with Crippen molar-refractivity contribution >= 4 is 28.9 Å². The predicted octanol–water partition coefficient (Wildman–Crippen LogP) is 4.48. The summed E-state index contributed by atoms with van der Waals surface area (Å²) in [5.74, 6) is 0.137. The fourth-order valence-electron chi connectivity index (χ4n) is 1.58. The van der Waals surface area contributed by atoms with Gasteiger partial charge in [-0.15, -0.1) is 0 Å². The second-order valence-corrected chi connectivity index (χ2v) is 4.61. The Morgan fingerprint density at radius 2 is 1.89 bits per heavy atom. The lowest BCUT2D eigenvalue weighted by molar-refractivity contribution is -0.385. The Bertz CT molecular complexity index is 617. The predicted molar refractivity (Wildman–Crippen MR) is 73.9 cm³/mol. The molecule has 0 saturated heterocycles. The van der Waals surface area contributed by atoms with Crippen LogP contribution in [0.4, 0.5) is 5.69 Å². The number of halogens is 2. The average molecular weight is 298 g/mol. The van der Waals surface area contributed by atoms with Crippen molar-refractivity contribution in [2.75, 3.05) is 0 Å². The topological polar surface area (TPSA) is 52.4 Å². The van der Waals surface area contributed by atoms with Gasteiger partial charge in [-0.25, -0.2) is 0 Å². The third-order valence-corrected chi connectivity index (χ3v) is 2.96. The maximum absolute atomic E-state index is 10.9. The lowest BCUT2D eigenvalue weighted by atomic mass is 10.2. The minimum absolute atomic E-state index is 0.0496. The summed E-state index contributed by atoms with van der Waals surface area (Å²) in [5, 5.41) is 11.6. The van der Waals surface area contributed by atoms with E-state index < -0.39 is 4.92 Å². The summed E-state index contributed by atoms with van der Waals surface area (Å²) in [6, 6.07) is 11.6. The molecule has 0 unspecified atom stereocenters. The molecule has 0 saturated carbocycles. The van der Waals surface area contributed by atoms with Crippen molar-refractivity contribution in [3.8, 4) is 5.75 Å². The third-order valence-electron chi connectivity index (χ3n) is 2.42. The fraction of sp³-hybridized carbons (Fsp3) is 0.0769. The molecule has 4 nitrogen and oxygen atoms in total. The average Bonchev–Trinajstić information content (AvgIpc) is 2.36. The zero-order chi connectivity index (χ0) is 13.8. The number of nitro benzene ring substituents is 1. The Morgan fingerprint density at radius 3 is 2.58 bits per heavy atom. The van der Waals surface area contributed by atoms with Gasteiger partial charge in [-0.3, -0.25) is 10.1 Å². The van der Waals surface area contributed by atoms with Gasteiger partial charge < -0.3 is 4.74 Å². The molecule has 0 bridgehead atoms. The van der Waals surface area contributed by atoms with E-state index in [4.69, 9.17) is 27.9 Å². The molecule has 0 N–H and O–H groups in total. The van der Waals surface area contributed by atoms with E-state index in [-0.39, 0.29) is 23.1 Å². The van der Waals surface area contributed by atoms with Crippen molar-refractivity contribution < 1.29 is 9.66 Å². The molecule has 2 aromatic rings. The second-order valence-electron chi connectivity index (χ2n) is 3.76. The van der Waals surface area contributed by atoms with E-state index in [1.807, 2.05) is 6.07 Å². The molecule has 0 aromatic heterocycles. The molecule has 0 aliphatic carbocycles. The maximum atomic E-state index is 10.9. The van der Waals surface area contributed by atoms with Gasteiger partial charge in [0.1, 0.15) is 11.6 Å². The number of benzene rings is 2. The van der Waals surface area contributed by atoms with Gasteiger partial charge >= 0.3 is 5.69 Å². The van der Waals surface area contributed by atoms with E-state index in [9.17, 15) is 10.1 Å². The Kier molecular flexibility index (Phi) is 4.24. The summed E-state index contributed by atoms with van der Waals surface area (Å²) in [6.45, 7) is 0.182. The highest BCUT2D eigenvalue weighted by Gasteiger charge is 2.19. The van der Waals surface area contributed by atoms with E-state index in [1.165, 1.54) is 12.1 Å². The van der Waals surface area contributed by atoms with Crippen LogP contribution in [0.5, 0.6) is 5.75 Å². The van der Waals surface area contributed by atoms with E-state index in [0.717, 1.165) is 5.56 Å². The van der Waals surface area contributed by atoms with Crippen LogP contribution in [0.1, 0.15) is 5.56 Å². The zero-order valence-corrected chi connectivity index (χ0v) is 11.2. The van der Waals surface area contributed by atoms with Gasteiger partial charge in [0.2, 0.25) is 0 Å². The first kappa shape index (κ1) is 13.6. The number of nitrogens with zero attached hydrogens (tertiary/aromatic N) is 1. The molecule has 19 heavy (non-hydrogen) atoms. The van der Waals surface area contributed by atoms with Gasteiger partial charge in [0.05, 0.1) is 4.92 Å². The van der Waals surface area contributed by atoms with Crippen LogP contribution in [0.2, 0.25) is 10.0 Å². The number of hydrogen-bond donors (Lipinski definition) is 0. The lowest BCUT2D eigenvalue weighted by Crippen LogP contribution is -1.99. The van der Waals surface area contributed by atoms with Crippen LogP contribution < -0.4 is 4.74 Å². The maximum Gasteiger partial charge on any atom is 0.329 e. The number of nitro groups is 1. The van der Waals surface area contributed by atoms with Crippen LogP contribution >= 0.6 is 23.2 Å². The Labute approximate surface area is 119 Å². The van der Waals surface area contributed by atoms with Crippen molar-refractivity contribution in [2.24, 2.45) is 0 Å². The SMILES string of the molecule is O=[N+]([O-])c1c(Cl)cccc1OCc1cccc(Cl)c1. The minimum Gasteiger partial charge on any atom is -0.482 e. The van der Waals surface area contributed by atoms with Gasteiger partial charge in [-0.05, 0) is 29.8 Å². The number of hydrogen-bond acceptors (Lipinski definition) is 3. The van der Waals surface area contributed by atoms with Crippen molar-refractivity contribution in [3.05, 3.63) is 68.2 Å². The molecule has 0 atom stereocenters. The fourth-order valence-corrected chi connectivity index (χ4v) is 2.02. The number of ether oxygens (including phenoxy) is 1. The van der Waals surface area contributed by atoms with Crippen LogP contribution in [0.3, 0.4) is 0 Å². The lowest BCUT2D eigenvalue weighted by Gasteiger charge is -2.07. The Balaban J connectivity index is 2.20. The van der Waals surface area contributed by atoms with Crippen molar-refractivity contribution in [2.45, 2.75) is 6.61 Å². The van der Waals surface area contributed by atoms with Crippen molar-refractivity contribution in [1.29, 1.82) is 0 Å². The minimum atomic E-state index is -0.560. The first-order valence-electron chi connectivity index (χ1n) is 5.38. The zero-order valence-electron chi connectivity index (χ0n) is 9.68. The summed E-state index contributed by atoms with van der Waals surface area (Å²) < 4.78 is 5.44. The van der Waals surface area contributed by atoms with E-state index >= 15 is 0 Å². The molecule has 0 radical (unpaired) electrons. The molecule has 0 aliphatic rings. The largest absolute Gasteiger partial charge is 0.482 e. The molecular formula is C13H9Cl2NO3. The molecule has 0 heterocycles. The first-order chi connectivity index (χ1) is 9.08. The summed E-state index contributed by atoms with van der Waals surface area (Å²) in [7, 11) is 0. The van der Waals surface area contributed by atoms with E-state index in [1.54, 1.807) is 24.3 Å². The van der Waals surface area contributed by atoms with Gasteiger partial charge in [0.15, 0.2) is 5.75 Å². The summed E-state index contributed by atoms with van der Waals surface area (Å²) >= 11 is 11.6. The smallest absolute Gasteiger partial charge is 0.329 e. The molecule has 0 fully saturated rings. The van der Waals surface area contributed by atoms with Crippen LogP contribution in [0.15, 0.2) is 42.5 Å². The van der Waals surface area contributed by atoms with Crippen LogP contribution in [-0.4, -0.2) is 4.92 Å². The van der Waals surface area contributed by atoms with Gasteiger partial charge in [-0.1, -0.05) is 41.4 Å². The van der Waals surface area contributed by atoms with Crippen LogP contribution in [-0.2, 0) is 6.61 Å². The molecule has 0 amide bonds. The molecule has 2 aromatic carbocycles. The van der Waals surface area contributed by atoms with Gasteiger partial charge in [0, 0.05) is 5.02 Å². The highest BCUT2D eigenvalue weighted by atomic mass is 35.5. The number of rotatable bonds is 4. The molecule has 6 heteroatoms. The first-order valence-corrected chi connectivity index (χ1v) is 6.13. The monoisotopic (exact) mass is 297 g/mol. The van der Waals surface area contributed by atoms with Crippen LogP contribution in [0, 0.1) is 10.1 Å². The van der Waals surface area contributed by atoms with Gasteiger partial charge in [0.25, 0.3) is 0 Å².